The van der Waals surface area contributed by atoms with E-state index in [4.69, 9.17) is 0 Å². The van der Waals surface area contributed by atoms with Crippen LogP contribution in [-0.4, -0.2) is 16.2 Å². The summed E-state index contributed by atoms with van der Waals surface area (Å²) >= 11 is 0. The van der Waals surface area contributed by atoms with Crippen molar-refractivity contribution in [1.29, 1.82) is 0 Å². The van der Waals surface area contributed by atoms with E-state index in [1.807, 2.05) is 32.0 Å². The molecule has 2 atom stereocenters. The maximum absolute atomic E-state index is 11.4. The second-order valence-electron chi connectivity index (χ2n) is 5.00. The van der Waals surface area contributed by atoms with E-state index < -0.39 is 17.5 Å². The number of benzene rings is 1. The fraction of sp³-hybridized carbons (Fsp3) is 0.533. The van der Waals surface area contributed by atoms with Crippen molar-refractivity contribution < 1.29 is 15.0 Å². The highest BCUT2D eigenvalue weighted by atomic mass is 16.4. The number of hydrogen-bond donors (Lipinski definition) is 2. The zero-order valence-electron chi connectivity index (χ0n) is 11.3. The van der Waals surface area contributed by atoms with Crippen LogP contribution in [0, 0.1) is 12.8 Å². The first-order chi connectivity index (χ1) is 8.41. The van der Waals surface area contributed by atoms with Crippen molar-refractivity contribution >= 4 is 5.97 Å². The third-order valence-corrected chi connectivity index (χ3v) is 3.51. The van der Waals surface area contributed by atoms with Crippen LogP contribution in [0.4, 0.5) is 0 Å². The molecule has 3 nitrogen and oxygen atoms in total. The molecule has 1 rings (SSSR count). The van der Waals surface area contributed by atoms with Crippen molar-refractivity contribution in [3.05, 3.63) is 35.4 Å². The van der Waals surface area contributed by atoms with Crippen molar-refractivity contribution in [1.82, 2.24) is 0 Å². The molecule has 100 valence electrons. The number of aliphatic hydroxyl groups is 1. The Bertz CT molecular complexity index is 410. The predicted octanol–water partition coefficient (Wildman–Crippen LogP) is 3.09. The fourth-order valence-electron chi connectivity index (χ4n) is 2.38. The van der Waals surface area contributed by atoms with Crippen molar-refractivity contribution in [3.63, 3.8) is 0 Å². The Balaban J connectivity index is 3.08. The summed E-state index contributed by atoms with van der Waals surface area (Å²) in [4.78, 5) is 11.4. The van der Waals surface area contributed by atoms with Gasteiger partial charge in [-0.25, -0.2) is 0 Å². The molecule has 0 radical (unpaired) electrons. The van der Waals surface area contributed by atoms with Crippen LogP contribution < -0.4 is 0 Å². The first kappa shape index (κ1) is 14.7. The predicted molar refractivity (Wildman–Crippen MR) is 71.4 cm³/mol. The Morgan fingerprint density at radius 1 is 1.39 bits per heavy atom. The van der Waals surface area contributed by atoms with E-state index in [2.05, 4.69) is 0 Å². The van der Waals surface area contributed by atoms with Crippen molar-refractivity contribution in [2.75, 3.05) is 0 Å². The number of rotatable bonds is 6. The summed E-state index contributed by atoms with van der Waals surface area (Å²) < 4.78 is 0. The molecule has 0 saturated carbocycles. The van der Waals surface area contributed by atoms with Crippen LogP contribution in [0.5, 0.6) is 0 Å². The van der Waals surface area contributed by atoms with E-state index in [1.165, 1.54) is 0 Å². The van der Waals surface area contributed by atoms with Gasteiger partial charge >= 0.3 is 5.97 Å². The Morgan fingerprint density at radius 2 is 2.00 bits per heavy atom. The minimum Gasteiger partial charge on any atom is -0.481 e. The third-order valence-electron chi connectivity index (χ3n) is 3.51. The van der Waals surface area contributed by atoms with Gasteiger partial charge in [-0.3, -0.25) is 4.79 Å². The van der Waals surface area contributed by atoms with E-state index in [-0.39, 0.29) is 0 Å². The molecule has 2 unspecified atom stereocenters. The summed E-state index contributed by atoms with van der Waals surface area (Å²) in [6.45, 7) is 5.51. The lowest BCUT2D eigenvalue weighted by Gasteiger charge is -2.31. The van der Waals surface area contributed by atoms with E-state index in [1.54, 1.807) is 13.0 Å². The molecule has 2 N–H and O–H groups in total. The molecule has 0 aromatic heterocycles. The Labute approximate surface area is 108 Å². The first-order valence-electron chi connectivity index (χ1n) is 6.42. The highest BCUT2D eigenvalue weighted by molar-refractivity contribution is 5.72. The lowest BCUT2D eigenvalue weighted by atomic mass is 9.78. The van der Waals surface area contributed by atoms with Crippen LogP contribution in [0.3, 0.4) is 0 Å². The molecule has 1 aromatic rings. The first-order valence-corrected chi connectivity index (χ1v) is 6.42. The van der Waals surface area contributed by atoms with Gasteiger partial charge in [-0.2, -0.15) is 0 Å². The molecule has 0 spiro atoms. The minimum absolute atomic E-state index is 0.493. The normalized spacial score (nSPS) is 16.0. The van der Waals surface area contributed by atoms with Crippen LogP contribution in [0.2, 0.25) is 0 Å². The summed E-state index contributed by atoms with van der Waals surface area (Å²) in [5.41, 5.74) is 0.297. The van der Waals surface area contributed by atoms with Gasteiger partial charge in [0.1, 0.15) is 5.60 Å². The van der Waals surface area contributed by atoms with Crippen LogP contribution in [0.25, 0.3) is 0 Å². The number of unbranched alkanes of at least 4 members (excludes halogenated alkanes) is 1. The lowest BCUT2D eigenvalue weighted by molar-refractivity contribution is -0.152. The Morgan fingerprint density at radius 3 is 2.50 bits per heavy atom. The van der Waals surface area contributed by atoms with Gasteiger partial charge in [0.15, 0.2) is 0 Å². The molecule has 0 bridgehead atoms. The van der Waals surface area contributed by atoms with Crippen molar-refractivity contribution in [2.45, 2.75) is 45.6 Å². The molecule has 3 heteroatoms. The average molecular weight is 250 g/mol. The highest BCUT2D eigenvalue weighted by Gasteiger charge is 2.39. The zero-order chi connectivity index (χ0) is 13.8. The zero-order valence-corrected chi connectivity index (χ0v) is 11.3. The summed E-state index contributed by atoms with van der Waals surface area (Å²) in [6, 6.07) is 7.41. The van der Waals surface area contributed by atoms with Gasteiger partial charge in [0.2, 0.25) is 0 Å². The quantitative estimate of drug-likeness (QED) is 0.815. The molecule has 1 aromatic carbocycles. The van der Waals surface area contributed by atoms with E-state index in [0.717, 1.165) is 18.4 Å². The van der Waals surface area contributed by atoms with Gasteiger partial charge < -0.3 is 10.2 Å². The summed E-state index contributed by atoms with van der Waals surface area (Å²) in [6.07, 6.45) is 2.22. The second-order valence-corrected chi connectivity index (χ2v) is 5.00. The van der Waals surface area contributed by atoms with E-state index in [0.29, 0.717) is 12.0 Å². The molecule has 0 aliphatic carbocycles. The highest BCUT2D eigenvalue weighted by Crippen LogP contribution is 2.34. The maximum atomic E-state index is 11.4. The molecule has 0 fully saturated rings. The molecular formula is C15H22O3. The summed E-state index contributed by atoms with van der Waals surface area (Å²) in [7, 11) is 0. The van der Waals surface area contributed by atoms with Gasteiger partial charge in [0.05, 0.1) is 5.92 Å². The van der Waals surface area contributed by atoms with Gasteiger partial charge in [-0.15, -0.1) is 0 Å². The number of aliphatic carboxylic acids is 1. The van der Waals surface area contributed by atoms with Gasteiger partial charge in [-0.1, -0.05) is 44.0 Å². The number of carboxylic acid groups (broad SMARTS) is 1. The van der Waals surface area contributed by atoms with Crippen molar-refractivity contribution in [2.24, 2.45) is 5.92 Å². The van der Waals surface area contributed by atoms with Gasteiger partial charge in [0.25, 0.3) is 0 Å². The standard InChI is InChI=1S/C15H22O3/c1-4-5-9-13(14(16)17)15(3,18)12-10-7-6-8-11(12)2/h6-8,10,13,18H,4-5,9H2,1-3H3,(H,16,17). The maximum Gasteiger partial charge on any atom is 0.309 e. The topological polar surface area (TPSA) is 57.5 Å². The monoisotopic (exact) mass is 250 g/mol. The van der Waals surface area contributed by atoms with Crippen LogP contribution >= 0.6 is 0 Å². The molecule has 0 amide bonds. The van der Waals surface area contributed by atoms with Crippen LogP contribution in [-0.2, 0) is 10.4 Å². The number of hydrogen-bond acceptors (Lipinski definition) is 2. The van der Waals surface area contributed by atoms with Gasteiger partial charge in [0, 0.05) is 0 Å². The Hall–Kier alpha value is -1.35. The summed E-state index contributed by atoms with van der Waals surface area (Å²) in [5, 5.41) is 20.0. The fourth-order valence-corrected chi connectivity index (χ4v) is 2.38. The minimum atomic E-state index is -1.33. The SMILES string of the molecule is CCCCC(C(=O)O)C(C)(O)c1ccccc1C. The molecular weight excluding hydrogens is 228 g/mol. The molecule has 0 saturated heterocycles. The molecule has 0 aliphatic heterocycles. The van der Waals surface area contributed by atoms with Crippen molar-refractivity contribution in [3.8, 4) is 0 Å². The molecule has 0 heterocycles. The third kappa shape index (κ3) is 3.10. The number of carboxylic acids is 1. The van der Waals surface area contributed by atoms with E-state index >= 15 is 0 Å². The smallest absolute Gasteiger partial charge is 0.309 e. The van der Waals surface area contributed by atoms with Crippen LogP contribution in [0.1, 0.15) is 44.2 Å². The van der Waals surface area contributed by atoms with Crippen LogP contribution in [0.15, 0.2) is 24.3 Å². The second kappa shape index (κ2) is 6.01. The largest absolute Gasteiger partial charge is 0.481 e. The lowest BCUT2D eigenvalue weighted by Crippen LogP contribution is -2.37. The molecule has 18 heavy (non-hydrogen) atoms. The number of carbonyl (C=O) groups is 1. The Kier molecular flexibility index (Phi) is 4.91. The average Bonchev–Trinajstić information content (AvgIpc) is 2.29. The van der Waals surface area contributed by atoms with E-state index in [9.17, 15) is 15.0 Å². The summed E-state index contributed by atoms with van der Waals surface area (Å²) in [5.74, 6) is -1.70. The van der Waals surface area contributed by atoms with Gasteiger partial charge in [-0.05, 0) is 31.4 Å². The number of aryl methyl sites for hydroxylation is 1. The molecule has 0 aliphatic rings.